The van der Waals surface area contributed by atoms with Crippen LogP contribution in [0, 0.1) is 0 Å². The summed E-state index contributed by atoms with van der Waals surface area (Å²) in [6.45, 7) is 6.58. The molecule has 2 heterocycles. The van der Waals surface area contributed by atoms with Crippen LogP contribution < -0.4 is 16.1 Å². The first-order chi connectivity index (χ1) is 12.6. The van der Waals surface area contributed by atoms with Crippen molar-refractivity contribution in [3.05, 3.63) is 52.2 Å². The number of sulfonamides is 1. The number of primary sulfonamides is 1. The van der Waals surface area contributed by atoms with Gasteiger partial charge in [-0.05, 0) is 24.1 Å². The predicted molar refractivity (Wildman–Crippen MR) is 102 cm³/mol. The Balaban J connectivity index is 1.80. The lowest BCUT2D eigenvalue weighted by Crippen LogP contribution is -2.20. The average molecular weight is 390 g/mol. The Kier molecular flexibility index (Phi) is 4.79. The Morgan fingerprint density at radius 3 is 2.48 bits per heavy atom. The highest BCUT2D eigenvalue weighted by Crippen LogP contribution is 2.22. The molecule has 0 atom stereocenters. The summed E-state index contributed by atoms with van der Waals surface area (Å²) in [5.41, 5.74) is 1.58. The summed E-state index contributed by atoms with van der Waals surface area (Å²) in [5, 5.41) is 14.8. The number of anilines is 1. The van der Waals surface area contributed by atoms with Crippen molar-refractivity contribution in [2.75, 3.05) is 11.9 Å². The van der Waals surface area contributed by atoms with Gasteiger partial charge >= 0.3 is 5.69 Å². The zero-order chi connectivity index (χ0) is 19.8. The zero-order valence-corrected chi connectivity index (χ0v) is 16.2. The van der Waals surface area contributed by atoms with Gasteiger partial charge in [-0.2, -0.15) is 0 Å². The minimum absolute atomic E-state index is 0.0800. The van der Waals surface area contributed by atoms with E-state index in [9.17, 15) is 13.2 Å². The number of nitrogens with two attached hydrogens (primary N) is 1. The minimum Gasteiger partial charge on any atom is -0.367 e. The molecule has 1 aromatic carbocycles. The summed E-state index contributed by atoms with van der Waals surface area (Å²) in [5.74, 6) is 0.516. The summed E-state index contributed by atoms with van der Waals surface area (Å²) in [6.07, 6.45) is 2.32. The maximum Gasteiger partial charge on any atom is 0.347 e. The van der Waals surface area contributed by atoms with Crippen LogP contribution in [0.4, 0.5) is 5.82 Å². The molecule has 0 aliphatic carbocycles. The third-order valence-corrected chi connectivity index (χ3v) is 5.06. The van der Waals surface area contributed by atoms with Crippen LogP contribution in [0.5, 0.6) is 0 Å². The molecule has 10 heteroatoms. The highest BCUT2D eigenvalue weighted by molar-refractivity contribution is 7.89. The highest BCUT2D eigenvalue weighted by Gasteiger charge is 2.19. The minimum atomic E-state index is -3.69. The Morgan fingerprint density at radius 1 is 1.22 bits per heavy atom. The summed E-state index contributed by atoms with van der Waals surface area (Å²) in [4.78, 5) is 16.6. The monoisotopic (exact) mass is 390 g/mol. The van der Waals surface area contributed by atoms with Gasteiger partial charge in [-0.15, -0.1) is 5.10 Å². The fraction of sp³-hybridized carbons (Fsp3) is 0.353. The number of fused-ring (bicyclic) bond motifs is 1. The standard InChI is InChI=1S/C17H22N6O3S/c1-17(2,3)13-10-23-15(21-22-16(23)24)14(20-13)19-9-8-11-4-6-12(7-5-11)27(18,25)26/h4-7,10H,8-9H2,1-3H3,(H,19,20)(H,22,24)(H2,18,25,26). The first-order valence-corrected chi connectivity index (χ1v) is 9.94. The molecule has 4 N–H and O–H groups in total. The van der Waals surface area contributed by atoms with E-state index in [-0.39, 0.29) is 16.0 Å². The van der Waals surface area contributed by atoms with Crippen LogP contribution in [-0.2, 0) is 21.9 Å². The van der Waals surface area contributed by atoms with Gasteiger partial charge in [0.25, 0.3) is 0 Å². The van der Waals surface area contributed by atoms with Gasteiger partial charge in [-0.1, -0.05) is 32.9 Å². The van der Waals surface area contributed by atoms with E-state index in [1.807, 2.05) is 20.8 Å². The summed E-state index contributed by atoms with van der Waals surface area (Å²) >= 11 is 0. The number of nitrogens with zero attached hydrogens (tertiary/aromatic N) is 3. The zero-order valence-electron chi connectivity index (χ0n) is 15.4. The second kappa shape index (κ2) is 6.78. The molecule has 0 aliphatic heterocycles. The fourth-order valence-corrected chi connectivity index (χ4v) is 3.08. The van der Waals surface area contributed by atoms with E-state index in [0.717, 1.165) is 11.3 Å². The van der Waals surface area contributed by atoms with Crippen LogP contribution in [0.2, 0.25) is 0 Å². The van der Waals surface area contributed by atoms with Gasteiger partial charge in [-0.3, -0.25) is 0 Å². The maximum absolute atomic E-state index is 11.9. The van der Waals surface area contributed by atoms with E-state index in [4.69, 9.17) is 5.14 Å². The van der Waals surface area contributed by atoms with Gasteiger partial charge < -0.3 is 5.32 Å². The lowest BCUT2D eigenvalue weighted by atomic mass is 9.93. The van der Waals surface area contributed by atoms with Crippen molar-refractivity contribution in [2.45, 2.75) is 37.5 Å². The van der Waals surface area contributed by atoms with Gasteiger partial charge in [0.2, 0.25) is 15.7 Å². The predicted octanol–water partition coefficient (Wildman–Crippen LogP) is 1.02. The third kappa shape index (κ3) is 4.17. The van der Waals surface area contributed by atoms with E-state index in [1.54, 1.807) is 18.3 Å². The molecule has 3 aromatic rings. The van der Waals surface area contributed by atoms with Crippen molar-refractivity contribution in [2.24, 2.45) is 5.14 Å². The molecule has 2 aromatic heterocycles. The fourth-order valence-electron chi connectivity index (χ4n) is 2.56. The summed E-state index contributed by atoms with van der Waals surface area (Å²) in [6, 6.07) is 6.40. The number of aromatic nitrogens is 4. The molecule has 0 amide bonds. The van der Waals surface area contributed by atoms with E-state index in [2.05, 4.69) is 20.5 Å². The average Bonchev–Trinajstić information content (AvgIpc) is 2.95. The normalized spacial score (nSPS) is 12.4. The molecule has 144 valence electrons. The van der Waals surface area contributed by atoms with Crippen LogP contribution in [0.25, 0.3) is 5.65 Å². The SMILES string of the molecule is CC(C)(C)c1cn2c(=O)[nH]nc2c(NCCc2ccc(S(N)(=O)=O)cc2)n1. The van der Waals surface area contributed by atoms with Crippen molar-refractivity contribution >= 4 is 21.5 Å². The molecule has 9 nitrogen and oxygen atoms in total. The van der Waals surface area contributed by atoms with E-state index in [0.29, 0.717) is 24.4 Å². The number of benzene rings is 1. The molecule has 27 heavy (non-hydrogen) atoms. The first kappa shape index (κ1) is 19.1. The molecule has 0 aliphatic rings. The summed E-state index contributed by atoms with van der Waals surface area (Å²) < 4.78 is 24.0. The molecule has 3 rings (SSSR count). The number of hydrogen-bond acceptors (Lipinski definition) is 6. The lowest BCUT2D eigenvalue weighted by molar-refractivity contribution is 0.565. The molecular weight excluding hydrogens is 368 g/mol. The molecule has 0 fully saturated rings. The Hall–Kier alpha value is -2.72. The molecule has 0 radical (unpaired) electrons. The van der Waals surface area contributed by atoms with Crippen LogP contribution in [0.1, 0.15) is 32.0 Å². The smallest absolute Gasteiger partial charge is 0.347 e. The Bertz CT molecular complexity index is 1120. The number of H-pyrrole nitrogens is 1. The van der Waals surface area contributed by atoms with Crippen molar-refractivity contribution in [1.82, 2.24) is 19.6 Å². The maximum atomic E-state index is 11.9. The second-order valence-electron chi connectivity index (χ2n) is 7.31. The molecule has 0 bridgehead atoms. The molecule has 0 spiro atoms. The van der Waals surface area contributed by atoms with Gasteiger partial charge in [0.1, 0.15) is 0 Å². The molecule has 0 saturated carbocycles. The molecule has 0 unspecified atom stereocenters. The van der Waals surface area contributed by atoms with E-state index >= 15 is 0 Å². The quantitative estimate of drug-likeness (QED) is 0.595. The van der Waals surface area contributed by atoms with Crippen molar-refractivity contribution < 1.29 is 8.42 Å². The lowest BCUT2D eigenvalue weighted by Gasteiger charge is -2.19. The topological polar surface area (TPSA) is 135 Å². The van der Waals surface area contributed by atoms with Crippen LogP contribution in [0.15, 0.2) is 40.2 Å². The largest absolute Gasteiger partial charge is 0.367 e. The molecular formula is C17H22N6O3S. The summed E-state index contributed by atoms with van der Waals surface area (Å²) in [7, 11) is -3.69. The highest BCUT2D eigenvalue weighted by atomic mass is 32.2. The van der Waals surface area contributed by atoms with Gasteiger partial charge in [0, 0.05) is 18.2 Å². The van der Waals surface area contributed by atoms with E-state index in [1.165, 1.54) is 16.5 Å². The van der Waals surface area contributed by atoms with Crippen LogP contribution >= 0.6 is 0 Å². The Morgan fingerprint density at radius 2 is 1.89 bits per heavy atom. The van der Waals surface area contributed by atoms with Gasteiger partial charge in [0.05, 0.1) is 10.6 Å². The van der Waals surface area contributed by atoms with Crippen LogP contribution in [-0.4, -0.2) is 34.5 Å². The van der Waals surface area contributed by atoms with Crippen molar-refractivity contribution in [3.8, 4) is 0 Å². The number of rotatable bonds is 5. The number of aromatic amines is 1. The second-order valence-corrected chi connectivity index (χ2v) is 8.87. The number of hydrogen-bond donors (Lipinski definition) is 3. The van der Waals surface area contributed by atoms with E-state index < -0.39 is 10.0 Å². The van der Waals surface area contributed by atoms with Gasteiger partial charge in [0.15, 0.2) is 5.82 Å². The third-order valence-electron chi connectivity index (χ3n) is 4.13. The van der Waals surface area contributed by atoms with Crippen molar-refractivity contribution in [1.29, 1.82) is 0 Å². The van der Waals surface area contributed by atoms with Gasteiger partial charge in [-0.25, -0.2) is 32.8 Å². The number of nitrogens with one attached hydrogen (secondary N) is 2. The Labute approximate surface area is 156 Å². The van der Waals surface area contributed by atoms with Crippen LogP contribution in [0.3, 0.4) is 0 Å². The first-order valence-electron chi connectivity index (χ1n) is 8.39. The van der Waals surface area contributed by atoms with Crippen molar-refractivity contribution in [3.63, 3.8) is 0 Å². The molecule has 0 saturated heterocycles.